The number of pyridine rings is 1. The molecule has 22 heavy (non-hydrogen) atoms. The average Bonchev–Trinajstić information content (AvgIpc) is 2.52. The fourth-order valence-electron chi connectivity index (χ4n) is 1.51. The molecule has 0 saturated heterocycles. The fourth-order valence-corrected chi connectivity index (χ4v) is 1.80. The van der Waals surface area contributed by atoms with E-state index in [0.29, 0.717) is 21.6 Å². The molecular formula is C15H10Cl2N4O. The zero-order chi connectivity index (χ0) is 15.9. The Morgan fingerprint density at radius 3 is 2.64 bits per heavy atom. The highest BCUT2D eigenvalue weighted by molar-refractivity contribution is 6.34. The molecule has 110 valence electrons. The molecular weight excluding hydrogens is 323 g/mol. The Hall–Kier alpha value is -2.55. The molecule has 0 fully saturated rings. The van der Waals surface area contributed by atoms with E-state index in [1.54, 1.807) is 36.4 Å². The van der Waals surface area contributed by atoms with E-state index in [4.69, 9.17) is 28.5 Å². The summed E-state index contributed by atoms with van der Waals surface area (Å²) in [6, 6.07) is 11.8. The van der Waals surface area contributed by atoms with E-state index in [1.807, 2.05) is 6.07 Å². The summed E-state index contributed by atoms with van der Waals surface area (Å²) in [6.45, 7) is 0. The smallest absolute Gasteiger partial charge is 0.267 e. The first-order valence-electron chi connectivity index (χ1n) is 6.14. The third-order valence-corrected chi connectivity index (χ3v) is 3.13. The first-order chi connectivity index (χ1) is 10.6. The second-order valence-electron chi connectivity index (χ2n) is 4.11. The van der Waals surface area contributed by atoms with Gasteiger partial charge in [0.15, 0.2) is 0 Å². The van der Waals surface area contributed by atoms with Crippen molar-refractivity contribution in [2.75, 3.05) is 10.6 Å². The molecule has 1 heterocycles. The summed E-state index contributed by atoms with van der Waals surface area (Å²) < 4.78 is 0. The van der Waals surface area contributed by atoms with Gasteiger partial charge in [0.1, 0.15) is 17.5 Å². The van der Waals surface area contributed by atoms with Gasteiger partial charge >= 0.3 is 0 Å². The van der Waals surface area contributed by atoms with Gasteiger partial charge in [0, 0.05) is 12.4 Å². The van der Waals surface area contributed by atoms with E-state index < -0.39 is 5.91 Å². The Morgan fingerprint density at radius 1 is 1.23 bits per heavy atom. The standard InChI is InChI=1S/C15H10Cl2N4O/c16-11-5-6-14(20-9-11)19-8-10(7-18)15(22)21-13-4-2-1-3-12(13)17/h1-6,8-9H,(H,19,20)(H,21,22)/b10-8-. The zero-order valence-corrected chi connectivity index (χ0v) is 12.7. The number of carbonyl (C=O) groups is 1. The highest BCUT2D eigenvalue weighted by atomic mass is 35.5. The van der Waals surface area contributed by atoms with Crippen LogP contribution in [0.25, 0.3) is 0 Å². The number of aromatic nitrogens is 1. The van der Waals surface area contributed by atoms with Crippen molar-refractivity contribution in [3.8, 4) is 6.07 Å². The second-order valence-corrected chi connectivity index (χ2v) is 4.95. The fraction of sp³-hybridized carbons (Fsp3) is 0. The Balaban J connectivity index is 2.09. The number of halogens is 2. The zero-order valence-electron chi connectivity index (χ0n) is 11.2. The van der Waals surface area contributed by atoms with E-state index in [-0.39, 0.29) is 5.57 Å². The lowest BCUT2D eigenvalue weighted by molar-refractivity contribution is -0.112. The van der Waals surface area contributed by atoms with Crippen LogP contribution in [0, 0.1) is 11.3 Å². The van der Waals surface area contributed by atoms with Crippen molar-refractivity contribution in [3.05, 3.63) is 64.4 Å². The van der Waals surface area contributed by atoms with E-state index in [0.717, 1.165) is 0 Å². The number of rotatable bonds is 4. The molecule has 0 atom stereocenters. The summed E-state index contributed by atoms with van der Waals surface area (Å²) in [5.74, 6) is -0.111. The van der Waals surface area contributed by atoms with Gasteiger partial charge in [-0.05, 0) is 24.3 Å². The number of carbonyl (C=O) groups excluding carboxylic acids is 1. The van der Waals surface area contributed by atoms with Gasteiger partial charge < -0.3 is 10.6 Å². The van der Waals surface area contributed by atoms with Gasteiger partial charge in [-0.1, -0.05) is 35.3 Å². The van der Waals surface area contributed by atoms with Gasteiger partial charge in [0.25, 0.3) is 5.91 Å². The number of nitrogens with zero attached hydrogens (tertiary/aromatic N) is 2. The highest BCUT2D eigenvalue weighted by Crippen LogP contribution is 2.21. The molecule has 0 saturated carbocycles. The quantitative estimate of drug-likeness (QED) is 0.658. The number of amides is 1. The Labute approximate surface area is 137 Å². The summed E-state index contributed by atoms with van der Waals surface area (Å²) >= 11 is 11.7. The Kier molecular flexibility index (Phi) is 5.37. The molecule has 5 nitrogen and oxygen atoms in total. The number of hydrogen-bond acceptors (Lipinski definition) is 4. The molecule has 1 amide bonds. The van der Waals surface area contributed by atoms with Gasteiger partial charge in [-0.25, -0.2) is 4.98 Å². The molecule has 0 aliphatic rings. The summed E-state index contributed by atoms with van der Waals surface area (Å²) in [4.78, 5) is 16.0. The lowest BCUT2D eigenvalue weighted by Crippen LogP contribution is -2.14. The minimum absolute atomic E-state index is 0.114. The van der Waals surface area contributed by atoms with Crippen molar-refractivity contribution in [1.82, 2.24) is 4.98 Å². The number of anilines is 2. The SMILES string of the molecule is N#C/C(=C/Nc1ccc(Cl)cn1)C(=O)Nc1ccccc1Cl. The summed E-state index contributed by atoms with van der Waals surface area (Å²) in [6.07, 6.45) is 2.72. The van der Waals surface area contributed by atoms with Crippen LogP contribution < -0.4 is 10.6 Å². The van der Waals surface area contributed by atoms with Crippen LogP contribution >= 0.6 is 23.2 Å². The number of para-hydroxylation sites is 1. The normalized spacial score (nSPS) is 10.7. The van der Waals surface area contributed by atoms with Crippen LogP contribution in [0.3, 0.4) is 0 Å². The monoisotopic (exact) mass is 332 g/mol. The largest absolute Gasteiger partial charge is 0.345 e. The molecule has 0 radical (unpaired) electrons. The molecule has 0 spiro atoms. The first kappa shape index (κ1) is 15.8. The van der Waals surface area contributed by atoms with E-state index in [9.17, 15) is 4.79 Å². The van der Waals surface area contributed by atoms with Gasteiger partial charge in [0.05, 0.1) is 15.7 Å². The van der Waals surface area contributed by atoms with Gasteiger partial charge in [-0.2, -0.15) is 5.26 Å². The van der Waals surface area contributed by atoms with Crippen molar-refractivity contribution < 1.29 is 4.79 Å². The minimum atomic E-state index is -0.572. The second kappa shape index (κ2) is 7.46. The lowest BCUT2D eigenvalue weighted by Gasteiger charge is -2.06. The molecule has 0 aliphatic heterocycles. The molecule has 1 aromatic carbocycles. The van der Waals surface area contributed by atoms with Crippen molar-refractivity contribution in [1.29, 1.82) is 5.26 Å². The van der Waals surface area contributed by atoms with Crippen LogP contribution in [0.2, 0.25) is 10.0 Å². The molecule has 0 bridgehead atoms. The molecule has 0 aliphatic carbocycles. The minimum Gasteiger partial charge on any atom is -0.345 e. The predicted molar refractivity (Wildman–Crippen MR) is 86.6 cm³/mol. The van der Waals surface area contributed by atoms with Crippen LogP contribution in [0.5, 0.6) is 0 Å². The maximum Gasteiger partial charge on any atom is 0.267 e. The van der Waals surface area contributed by atoms with Crippen LogP contribution in [0.15, 0.2) is 54.4 Å². The van der Waals surface area contributed by atoms with Crippen LogP contribution in [0.1, 0.15) is 0 Å². The molecule has 2 aromatic rings. The third-order valence-electron chi connectivity index (χ3n) is 2.58. The molecule has 1 aromatic heterocycles. The predicted octanol–water partition coefficient (Wildman–Crippen LogP) is 3.85. The van der Waals surface area contributed by atoms with Crippen molar-refractivity contribution in [3.63, 3.8) is 0 Å². The van der Waals surface area contributed by atoms with E-state index in [2.05, 4.69) is 15.6 Å². The Bertz CT molecular complexity index is 751. The topological polar surface area (TPSA) is 77.8 Å². The van der Waals surface area contributed by atoms with Crippen molar-refractivity contribution in [2.45, 2.75) is 0 Å². The highest BCUT2D eigenvalue weighted by Gasteiger charge is 2.10. The van der Waals surface area contributed by atoms with E-state index in [1.165, 1.54) is 12.4 Å². The summed E-state index contributed by atoms with van der Waals surface area (Å²) in [5, 5.41) is 15.3. The number of benzene rings is 1. The maximum absolute atomic E-state index is 12.0. The molecule has 2 rings (SSSR count). The van der Waals surface area contributed by atoms with Gasteiger partial charge in [-0.3, -0.25) is 4.79 Å². The summed E-state index contributed by atoms with van der Waals surface area (Å²) in [5.41, 5.74) is 0.316. The van der Waals surface area contributed by atoms with Gasteiger partial charge in [0.2, 0.25) is 0 Å². The molecule has 2 N–H and O–H groups in total. The first-order valence-corrected chi connectivity index (χ1v) is 6.90. The van der Waals surface area contributed by atoms with Crippen molar-refractivity contribution in [2.24, 2.45) is 0 Å². The van der Waals surface area contributed by atoms with E-state index >= 15 is 0 Å². The lowest BCUT2D eigenvalue weighted by atomic mass is 10.2. The molecule has 0 unspecified atom stereocenters. The summed E-state index contributed by atoms with van der Waals surface area (Å²) in [7, 11) is 0. The number of nitrogens with one attached hydrogen (secondary N) is 2. The van der Waals surface area contributed by atoms with Crippen LogP contribution in [-0.2, 0) is 4.79 Å². The molecule has 7 heteroatoms. The number of nitriles is 1. The Morgan fingerprint density at radius 2 is 2.00 bits per heavy atom. The number of hydrogen-bond donors (Lipinski definition) is 2. The van der Waals surface area contributed by atoms with Crippen LogP contribution in [-0.4, -0.2) is 10.9 Å². The third kappa shape index (κ3) is 4.22. The average molecular weight is 333 g/mol. The van der Waals surface area contributed by atoms with Crippen LogP contribution in [0.4, 0.5) is 11.5 Å². The maximum atomic E-state index is 12.0. The van der Waals surface area contributed by atoms with Gasteiger partial charge in [-0.15, -0.1) is 0 Å². The van der Waals surface area contributed by atoms with Crippen molar-refractivity contribution >= 4 is 40.6 Å².